The lowest BCUT2D eigenvalue weighted by Gasteiger charge is -1.99. The summed E-state index contributed by atoms with van der Waals surface area (Å²) in [4.78, 5) is 10.4. The van der Waals surface area contributed by atoms with E-state index < -0.39 is 5.97 Å². The van der Waals surface area contributed by atoms with E-state index >= 15 is 0 Å². The summed E-state index contributed by atoms with van der Waals surface area (Å²) in [6.45, 7) is 3.41. The number of nitrogens with zero attached hydrogens (tertiary/aromatic N) is 3. The quantitative estimate of drug-likeness (QED) is 0.566. The Morgan fingerprint density at radius 1 is 1.85 bits per heavy atom. The minimum atomic E-state index is -0.977. The van der Waals surface area contributed by atoms with Crippen LogP contribution in [0.4, 0.5) is 0 Å². The molecular formula is C7H9N3O2S. The molecule has 0 aromatic carbocycles. The first kappa shape index (κ1) is 9.79. The average molecular weight is 199 g/mol. The lowest BCUT2D eigenvalue weighted by molar-refractivity contribution is -0.132. The summed E-state index contributed by atoms with van der Waals surface area (Å²) in [6.07, 6.45) is 1.56. The van der Waals surface area contributed by atoms with Crippen LogP contribution >= 0.6 is 11.8 Å². The second-order valence-corrected chi connectivity index (χ2v) is 3.36. The first-order chi connectivity index (χ1) is 6.11. The molecule has 1 aromatic heterocycles. The maximum absolute atomic E-state index is 10.4. The molecule has 70 valence electrons. The van der Waals surface area contributed by atoms with E-state index in [1.807, 2.05) is 0 Å². The van der Waals surface area contributed by atoms with Crippen molar-refractivity contribution in [2.75, 3.05) is 5.75 Å². The molecule has 0 aliphatic carbocycles. The topological polar surface area (TPSA) is 68.0 Å². The maximum atomic E-state index is 10.4. The zero-order chi connectivity index (χ0) is 9.84. The fourth-order valence-electron chi connectivity index (χ4n) is 0.617. The Morgan fingerprint density at radius 2 is 2.54 bits per heavy atom. The average Bonchev–Trinajstić information content (AvgIpc) is 2.47. The number of carboxylic acid groups (broad SMARTS) is 1. The number of carboxylic acids is 1. The summed E-state index contributed by atoms with van der Waals surface area (Å²) in [6, 6.07) is 0. The highest BCUT2D eigenvalue weighted by atomic mass is 32.2. The largest absolute Gasteiger partial charge is 0.478 e. The van der Waals surface area contributed by atoms with Crippen LogP contribution in [-0.2, 0) is 11.8 Å². The highest BCUT2D eigenvalue weighted by molar-refractivity contribution is 7.99. The SMILES string of the molecule is C=C(CSc1nncn1C)C(=O)O. The summed E-state index contributed by atoms with van der Waals surface area (Å²) in [5, 5.41) is 16.7. The van der Waals surface area contributed by atoms with Crippen molar-refractivity contribution < 1.29 is 9.90 Å². The summed E-state index contributed by atoms with van der Waals surface area (Å²) in [7, 11) is 1.80. The molecule has 0 saturated carbocycles. The highest BCUT2D eigenvalue weighted by Gasteiger charge is 2.07. The molecule has 0 bridgehead atoms. The van der Waals surface area contributed by atoms with Crippen LogP contribution in [-0.4, -0.2) is 31.6 Å². The normalized spacial score (nSPS) is 9.92. The third-order valence-electron chi connectivity index (χ3n) is 1.35. The Hall–Kier alpha value is -1.30. The summed E-state index contributed by atoms with van der Waals surface area (Å²) < 4.78 is 1.72. The first-order valence-electron chi connectivity index (χ1n) is 3.49. The van der Waals surface area contributed by atoms with Gasteiger partial charge in [-0.05, 0) is 0 Å². The van der Waals surface area contributed by atoms with Crippen molar-refractivity contribution in [2.24, 2.45) is 7.05 Å². The zero-order valence-electron chi connectivity index (χ0n) is 7.10. The van der Waals surface area contributed by atoms with E-state index in [0.29, 0.717) is 10.9 Å². The van der Waals surface area contributed by atoms with Gasteiger partial charge < -0.3 is 9.67 Å². The molecule has 1 rings (SSSR count). The highest BCUT2D eigenvalue weighted by Crippen LogP contribution is 2.15. The predicted molar refractivity (Wildman–Crippen MR) is 48.5 cm³/mol. The van der Waals surface area contributed by atoms with Gasteiger partial charge in [0.1, 0.15) is 6.33 Å². The molecule has 0 amide bonds. The number of carbonyl (C=O) groups is 1. The predicted octanol–water partition coefficient (Wildman–Crippen LogP) is 0.548. The molecule has 5 nitrogen and oxygen atoms in total. The standard InChI is InChI=1S/C7H9N3O2S/c1-5(6(11)12)3-13-7-9-8-4-10(7)2/h4H,1,3H2,2H3,(H,11,12). The molecule has 0 unspecified atom stereocenters. The fraction of sp³-hybridized carbons (Fsp3) is 0.286. The van der Waals surface area contributed by atoms with Crippen LogP contribution in [0.1, 0.15) is 0 Å². The number of hydrogen-bond acceptors (Lipinski definition) is 4. The van der Waals surface area contributed by atoms with Gasteiger partial charge in [-0.25, -0.2) is 4.79 Å². The number of aryl methyl sites for hydroxylation is 1. The van der Waals surface area contributed by atoms with Crippen LogP contribution in [0.5, 0.6) is 0 Å². The van der Waals surface area contributed by atoms with Gasteiger partial charge in [-0.2, -0.15) is 0 Å². The van der Waals surface area contributed by atoms with Crippen molar-refractivity contribution in [3.63, 3.8) is 0 Å². The number of thioether (sulfide) groups is 1. The van der Waals surface area contributed by atoms with Gasteiger partial charge in [0.15, 0.2) is 5.16 Å². The van der Waals surface area contributed by atoms with Gasteiger partial charge in [0.25, 0.3) is 0 Å². The van der Waals surface area contributed by atoms with E-state index in [0.717, 1.165) is 0 Å². The molecule has 0 spiro atoms. The molecule has 1 heterocycles. The Labute approximate surface area is 79.5 Å². The van der Waals surface area contributed by atoms with E-state index in [4.69, 9.17) is 5.11 Å². The van der Waals surface area contributed by atoms with E-state index in [2.05, 4.69) is 16.8 Å². The van der Waals surface area contributed by atoms with Crippen molar-refractivity contribution in [1.82, 2.24) is 14.8 Å². The van der Waals surface area contributed by atoms with Gasteiger partial charge in [-0.3, -0.25) is 0 Å². The molecule has 0 saturated heterocycles. The van der Waals surface area contributed by atoms with Crippen LogP contribution in [0.25, 0.3) is 0 Å². The monoisotopic (exact) mass is 199 g/mol. The van der Waals surface area contributed by atoms with Crippen molar-refractivity contribution in [2.45, 2.75) is 5.16 Å². The van der Waals surface area contributed by atoms with Crippen molar-refractivity contribution in [1.29, 1.82) is 0 Å². The van der Waals surface area contributed by atoms with Crippen LogP contribution in [0.2, 0.25) is 0 Å². The summed E-state index contributed by atoms with van der Waals surface area (Å²) in [5.41, 5.74) is 0.160. The third-order valence-corrected chi connectivity index (χ3v) is 2.47. The Morgan fingerprint density at radius 3 is 3.00 bits per heavy atom. The minimum Gasteiger partial charge on any atom is -0.478 e. The summed E-state index contributed by atoms with van der Waals surface area (Å²) in [5.74, 6) is -0.656. The fourth-order valence-corrected chi connectivity index (χ4v) is 1.40. The van der Waals surface area contributed by atoms with Crippen molar-refractivity contribution in [3.8, 4) is 0 Å². The van der Waals surface area contributed by atoms with Gasteiger partial charge in [0.2, 0.25) is 0 Å². The molecule has 13 heavy (non-hydrogen) atoms. The number of aromatic nitrogens is 3. The van der Waals surface area contributed by atoms with Crippen LogP contribution in [0.3, 0.4) is 0 Å². The lowest BCUT2D eigenvalue weighted by atomic mass is 10.4. The number of hydrogen-bond donors (Lipinski definition) is 1. The zero-order valence-corrected chi connectivity index (χ0v) is 7.91. The smallest absolute Gasteiger partial charge is 0.331 e. The second kappa shape index (κ2) is 4.08. The lowest BCUT2D eigenvalue weighted by Crippen LogP contribution is -2.02. The van der Waals surface area contributed by atoms with Crippen LogP contribution in [0, 0.1) is 0 Å². The van der Waals surface area contributed by atoms with Crippen molar-refractivity contribution in [3.05, 3.63) is 18.5 Å². The summed E-state index contributed by atoms with van der Waals surface area (Å²) >= 11 is 1.30. The second-order valence-electron chi connectivity index (χ2n) is 2.42. The molecule has 1 N–H and O–H groups in total. The molecule has 0 aliphatic heterocycles. The van der Waals surface area contributed by atoms with E-state index in [1.54, 1.807) is 17.9 Å². The Balaban J connectivity index is 2.48. The first-order valence-corrected chi connectivity index (χ1v) is 4.47. The van der Waals surface area contributed by atoms with Gasteiger partial charge in [-0.15, -0.1) is 10.2 Å². The molecule has 0 radical (unpaired) electrons. The van der Waals surface area contributed by atoms with E-state index in [9.17, 15) is 4.79 Å². The third kappa shape index (κ3) is 2.59. The van der Waals surface area contributed by atoms with Crippen molar-refractivity contribution >= 4 is 17.7 Å². The molecule has 0 fully saturated rings. The minimum absolute atomic E-state index is 0.160. The van der Waals surface area contributed by atoms with Crippen LogP contribution in [0.15, 0.2) is 23.6 Å². The van der Waals surface area contributed by atoms with E-state index in [1.165, 1.54) is 11.8 Å². The van der Waals surface area contributed by atoms with Gasteiger partial charge in [0, 0.05) is 18.4 Å². The maximum Gasteiger partial charge on any atom is 0.331 e. The molecular weight excluding hydrogens is 190 g/mol. The Kier molecular flexibility index (Phi) is 3.07. The van der Waals surface area contributed by atoms with Gasteiger partial charge >= 0.3 is 5.97 Å². The molecule has 0 aliphatic rings. The molecule has 0 atom stereocenters. The van der Waals surface area contributed by atoms with E-state index in [-0.39, 0.29) is 5.57 Å². The van der Waals surface area contributed by atoms with Crippen LogP contribution < -0.4 is 0 Å². The molecule has 6 heteroatoms. The number of rotatable bonds is 4. The number of aliphatic carboxylic acids is 1. The van der Waals surface area contributed by atoms with Gasteiger partial charge in [0.05, 0.1) is 0 Å². The molecule has 1 aromatic rings. The van der Waals surface area contributed by atoms with Gasteiger partial charge in [-0.1, -0.05) is 18.3 Å². The Bertz CT molecular complexity index is 334.